The minimum absolute atomic E-state index is 0. The van der Waals surface area contributed by atoms with Gasteiger partial charge in [0, 0.05) is 0 Å². The minimum Gasteiger partial charge on any atom is -0.434 e. The molecule has 14 heavy (non-hydrogen) atoms. The SMILES string of the molecule is OB(O)c1cc[cH-]c1.[Fe+2].c1cc[cH-]c1. The van der Waals surface area contributed by atoms with Crippen molar-refractivity contribution in [2.45, 2.75) is 0 Å². The van der Waals surface area contributed by atoms with E-state index in [1.54, 1.807) is 24.3 Å². The Hall–Kier alpha value is -0.796. The Bertz CT molecular complexity index is 273. The topological polar surface area (TPSA) is 40.5 Å². The van der Waals surface area contributed by atoms with Crippen molar-refractivity contribution in [3.8, 4) is 0 Å². The summed E-state index contributed by atoms with van der Waals surface area (Å²) >= 11 is 0. The summed E-state index contributed by atoms with van der Waals surface area (Å²) in [4.78, 5) is 0. The summed E-state index contributed by atoms with van der Waals surface area (Å²) in [7, 11) is -1.31. The van der Waals surface area contributed by atoms with E-state index in [0.29, 0.717) is 5.46 Å². The van der Waals surface area contributed by atoms with Crippen molar-refractivity contribution in [3.63, 3.8) is 0 Å². The van der Waals surface area contributed by atoms with Crippen molar-refractivity contribution in [2.75, 3.05) is 0 Å². The van der Waals surface area contributed by atoms with E-state index in [9.17, 15) is 0 Å². The fraction of sp³-hybridized carbons (Fsp3) is 0. The fourth-order valence-corrected chi connectivity index (χ4v) is 0.882. The summed E-state index contributed by atoms with van der Waals surface area (Å²) in [5, 5.41) is 16.9. The van der Waals surface area contributed by atoms with Crippen molar-refractivity contribution in [1.82, 2.24) is 0 Å². The average Bonchev–Trinajstić information content (AvgIpc) is 2.82. The Morgan fingerprint density at radius 1 is 1.00 bits per heavy atom. The molecule has 0 fully saturated rings. The Balaban J connectivity index is 0.000000246. The van der Waals surface area contributed by atoms with Gasteiger partial charge in [0.1, 0.15) is 0 Å². The Kier molecular flexibility index (Phi) is 7.16. The van der Waals surface area contributed by atoms with Gasteiger partial charge in [-0.2, -0.15) is 41.9 Å². The van der Waals surface area contributed by atoms with Gasteiger partial charge in [-0.05, 0) is 0 Å². The average molecular weight is 230 g/mol. The molecule has 0 spiro atoms. The number of rotatable bonds is 1. The molecular formula is C10H11BFeO2. The number of hydrogen-bond donors (Lipinski definition) is 2. The molecule has 0 unspecified atom stereocenters. The second-order valence-electron chi connectivity index (χ2n) is 2.55. The van der Waals surface area contributed by atoms with Crippen LogP contribution < -0.4 is 5.46 Å². The second-order valence-corrected chi connectivity index (χ2v) is 2.55. The largest absolute Gasteiger partial charge is 2.00 e. The molecule has 0 saturated heterocycles. The first-order chi connectivity index (χ1) is 6.30. The molecule has 0 atom stereocenters. The molecule has 2 nitrogen and oxygen atoms in total. The van der Waals surface area contributed by atoms with Crippen LogP contribution in [0.3, 0.4) is 0 Å². The van der Waals surface area contributed by atoms with E-state index >= 15 is 0 Å². The summed E-state index contributed by atoms with van der Waals surface area (Å²) in [5.41, 5.74) is 0.546. The Labute approximate surface area is 94.6 Å². The molecule has 0 radical (unpaired) electrons. The summed E-state index contributed by atoms with van der Waals surface area (Å²) in [6.07, 6.45) is 0. The molecule has 0 aromatic heterocycles. The summed E-state index contributed by atoms with van der Waals surface area (Å²) in [6.45, 7) is 0. The maximum absolute atomic E-state index is 8.47. The van der Waals surface area contributed by atoms with E-state index in [2.05, 4.69) is 0 Å². The summed E-state index contributed by atoms with van der Waals surface area (Å²) in [5.74, 6) is 0. The van der Waals surface area contributed by atoms with Gasteiger partial charge >= 0.3 is 24.2 Å². The van der Waals surface area contributed by atoms with Crippen LogP contribution in [0.4, 0.5) is 0 Å². The zero-order chi connectivity index (χ0) is 9.52. The van der Waals surface area contributed by atoms with Crippen LogP contribution in [0.25, 0.3) is 0 Å². The molecular weight excluding hydrogens is 219 g/mol. The summed E-state index contributed by atoms with van der Waals surface area (Å²) < 4.78 is 0. The second kappa shape index (κ2) is 7.59. The van der Waals surface area contributed by atoms with Crippen molar-refractivity contribution in [1.29, 1.82) is 0 Å². The van der Waals surface area contributed by atoms with Crippen LogP contribution in [0.5, 0.6) is 0 Å². The molecule has 0 heterocycles. The Morgan fingerprint density at radius 2 is 1.64 bits per heavy atom. The maximum atomic E-state index is 8.47. The smallest absolute Gasteiger partial charge is 0.434 e. The molecule has 0 aliphatic rings. The molecule has 0 aliphatic heterocycles. The molecule has 4 heteroatoms. The third kappa shape index (κ3) is 5.05. The minimum atomic E-state index is -1.31. The van der Waals surface area contributed by atoms with Gasteiger partial charge in [0.2, 0.25) is 0 Å². The van der Waals surface area contributed by atoms with Gasteiger partial charge in [-0.15, -0.1) is 0 Å². The first kappa shape index (κ1) is 13.2. The van der Waals surface area contributed by atoms with Gasteiger partial charge in [0.25, 0.3) is 0 Å². The third-order valence-corrected chi connectivity index (χ3v) is 1.54. The zero-order valence-electron chi connectivity index (χ0n) is 7.52. The maximum Gasteiger partial charge on any atom is 2.00 e. The predicted molar refractivity (Wildman–Crippen MR) is 53.9 cm³/mol. The van der Waals surface area contributed by atoms with Crippen LogP contribution in [0.2, 0.25) is 0 Å². The van der Waals surface area contributed by atoms with Gasteiger partial charge in [-0.25, -0.2) is 18.2 Å². The Morgan fingerprint density at radius 3 is 1.86 bits per heavy atom. The van der Waals surface area contributed by atoms with Gasteiger partial charge in [0.05, 0.1) is 0 Å². The quantitative estimate of drug-likeness (QED) is 0.552. The monoisotopic (exact) mass is 230 g/mol. The van der Waals surface area contributed by atoms with Crippen LogP contribution in [0.15, 0.2) is 54.6 Å². The standard InChI is InChI=1S/C5H6BO2.C5H5.Fe/c7-6(8)5-3-1-2-4-5;1-2-4-5-3-1;/h1-4,7-8H;1-5H;/q2*-1;+2. The molecule has 2 aromatic carbocycles. The van der Waals surface area contributed by atoms with Gasteiger partial charge in [0.15, 0.2) is 0 Å². The molecule has 0 aliphatic carbocycles. The predicted octanol–water partition coefficient (Wildman–Crippen LogP) is 0.488. The van der Waals surface area contributed by atoms with E-state index in [-0.39, 0.29) is 17.1 Å². The van der Waals surface area contributed by atoms with Crippen molar-refractivity contribution in [3.05, 3.63) is 54.6 Å². The van der Waals surface area contributed by atoms with Crippen molar-refractivity contribution >= 4 is 12.6 Å². The van der Waals surface area contributed by atoms with Crippen molar-refractivity contribution in [2.24, 2.45) is 0 Å². The van der Waals surface area contributed by atoms with Gasteiger partial charge in [-0.1, -0.05) is 0 Å². The zero-order valence-corrected chi connectivity index (χ0v) is 8.63. The van der Waals surface area contributed by atoms with Crippen LogP contribution >= 0.6 is 0 Å². The first-order valence-electron chi connectivity index (χ1n) is 4.05. The third-order valence-electron chi connectivity index (χ3n) is 1.54. The van der Waals surface area contributed by atoms with E-state index in [1.807, 2.05) is 30.3 Å². The summed E-state index contributed by atoms with van der Waals surface area (Å²) in [6, 6.07) is 16.8. The molecule has 2 aromatic rings. The van der Waals surface area contributed by atoms with Crippen molar-refractivity contribution < 1.29 is 27.1 Å². The van der Waals surface area contributed by atoms with Crippen LogP contribution in [-0.2, 0) is 17.1 Å². The molecule has 2 rings (SSSR count). The number of hydrogen-bond acceptors (Lipinski definition) is 2. The van der Waals surface area contributed by atoms with Gasteiger partial charge in [-0.3, -0.25) is 0 Å². The van der Waals surface area contributed by atoms with E-state index < -0.39 is 7.12 Å². The van der Waals surface area contributed by atoms with E-state index in [4.69, 9.17) is 10.0 Å². The van der Waals surface area contributed by atoms with Crippen LogP contribution in [0.1, 0.15) is 0 Å². The molecule has 74 valence electrons. The normalized spacial score (nSPS) is 8.14. The molecule has 2 N–H and O–H groups in total. The molecule has 0 bridgehead atoms. The molecule has 0 amide bonds. The van der Waals surface area contributed by atoms with Crippen LogP contribution in [-0.4, -0.2) is 17.2 Å². The van der Waals surface area contributed by atoms with Gasteiger partial charge < -0.3 is 10.0 Å². The first-order valence-corrected chi connectivity index (χ1v) is 4.05. The van der Waals surface area contributed by atoms with E-state index in [0.717, 1.165) is 0 Å². The van der Waals surface area contributed by atoms with Crippen LogP contribution in [0, 0.1) is 0 Å². The van der Waals surface area contributed by atoms with E-state index in [1.165, 1.54) is 0 Å². The molecule has 0 saturated carbocycles. The fourth-order valence-electron chi connectivity index (χ4n) is 0.882.